The van der Waals surface area contributed by atoms with Crippen molar-refractivity contribution < 1.29 is 48.3 Å². The second-order valence-electron chi connectivity index (χ2n) is 30.8. The number of hydrogen-bond donors (Lipinski definition) is 4. The normalized spacial score (nSPS) is 12.3. The third kappa shape index (κ3) is 15.1. The molecule has 104 heavy (non-hydrogen) atoms. The highest BCUT2D eigenvalue weighted by molar-refractivity contribution is 6.14. The summed E-state index contributed by atoms with van der Waals surface area (Å²) in [5, 5.41) is 21.3. The first-order valence-electron chi connectivity index (χ1n) is 35.3. The Morgan fingerprint density at radius 3 is 1.04 bits per heavy atom. The van der Waals surface area contributed by atoms with Crippen LogP contribution in [-0.4, -0.2) is 100 Å². The Morgan fingerprint density at radius 2 is 0.673 bits per heavy atom. The average Bonchev–Trinajstić information content (AvgIpc) is 1.57. The molecular weight excluding hydrogens is 1300 g/mol. The van der Waals surface area contributed by atoms with Crippen molar-refractivity contribution in [1.29, 1.82) is 0 Å². The zero-order valence-corrected chi connectivity index (χ0v) is 60.9. The number of ether oxygens (including phenoxy) is 4. The summed E-state index contributed by atoms with van der Waals surface area (Å²) in [5.41, 5.74) is 17.0. The number of aliphatic hydroxyl groups is 2. The lowest BCUT2D eigenvalue weighted by Crippen LogP contribution is -2.16. The standard InChI is InChI=1S/C86H86N8O10/c1-83(2,3)55-39-53(40-56(43-55)84(4,5)6)61-27-17-31-65-73(61)81-91-75-63-29-15-25-59(51-23-13-21-49(37-51)47-103-69(99)45-67(97)101-35-19-33-95)71(63)80(87-75)90-78-66-32-18-28-62(54-41-57(85(7,8)9)44-58(42-54)86(10,11)12)74(66)82(94-78)92-76-64-30-16-26-60(72(64)79(88-76)89-77(65)93-81)52-24-14-22-50(38-52)48-104-70(100)46-68(98)102-36-20-34-96/h13-18,21-32,37-44,95-96H,19-20,33-36,45-48H2,1-12H3,(H2,87,88,89,90,91,92,93,94). The predicted octanol–water partition coefficient (Wildman–Crippen LogP) is 17.4. The van der Waals surface area contributed by atoms with E-state index < -0.39 is 36.7 Å². The minimum Gasteiger partial charge on any atom is -0.465 e. The Balaban J connectivity index is 1.09. The second kappa shape index (κ2) is 28.6. The molecule has 0 saturated carbocycles. The number of hydrogen-bond acceptors (Lipinski definition) is 16. The van der Waals surface area contributed by atoms with Crippen molar-refractivity contribution in [3.63, 3.8) is 0 Å². The lowest BCUT2D eigenvalue weighted by molar-refractivity contribution is -0.157. The monoisotopic (exact) mass is 1390 g/mol. The number of aliphatic hydroxyl groups excluding tert-OH is 2. The molecule has 0 unspecified atom stereocenters. The Morgan fingerprint density at radius 1 is 0.346 bits per heavy atom. The van der Waals surface area contributed by atoms with E-state index in [-0.39, 0.29) is 74.1 Å². The SMILES string of the molecule is CC(C)(C)c1cc(-c2cccc3c2-c2nc-3nc3[nH]c(nc4nc(nc5[nH]c(n2)c2cccc(-c6cccc(COC(=O)CC(=O)OCCCO)c6)c52)-c2cccc(-c5cc(C(C)(C)C)cc(C(C)(C)C)c5)c2-4)c2cccc(-c4cccc(COC(=O)CC(=O)OCCCO)c4)c32)cc(C(C)(C)C)c1. The molecule has 18 heteroatoms. The minimum atomic E-state index is -0.741. The molecular formula is C86H86N8O10. The van der Waals surface area contributed by atoms with Crippen LogP contribution in [0.3, 0.4) is 0 Å². The zero-order chi connectivity index (χ0) is 73.6. The molecule has 2 aliphatic heterocycles. The van der Waals surface area contributed by atoms with Gasteiger partial charge in [0.2, 0.25) is 0 Å². The van der Waals surface area contributed by atoms with Crippen LogP contribution < -0.4 is 0 Å². The van der Waals surface area contributed by atoms with Crippen molar-refractivity contribution in [2.45, 2.75) is 144 Å². The number of benzene rings is 8. The van der Waals surface area contributed by atoms with Gasteiger partial charge >= 0.3 is 23.9 Å². The maximum Gasteiger partial charge on any atom is 0.317 e. The number of carbonyl (C=O) groups excluding carboxylic acids is 4. The van der Waals surface area contributed by atoms with Crippen molar-refractivity contribution in [3.8, 4) is 90.1 Å². The van der Waals surface area contributed by atoms with Gasteiger partial charge in [-0.15, -0.1) is 0 Å². The largest absolute Gasteiger partial charge is 0.465 e. The molecule has 5 heterocycles. The van der Waals surface area contributed by atoms with E-state index in [1.807, 2.05) is 109 Å². The van der Waals surface area contributed by atoms with Crippen LogP contribution in [0.25, 0.3) is 134 Å². The lowest BCUT2D eigenvalue weighted by atomic mass is 9.78. The number of esters is 4. The van der Waals surface area contributed by atoms with Gasteiger partial charge in [-0.3, -0.25) is 19.2 Å². The van der Waals surface area contributed by atoms with E-state index >= 15 is 0 Å². The Bertz CT molecular complexity index is 5010. The molecule has 8 bridgehead atoms. The third-order valence-corrected chi connectivity index (χ3v) is 18.9. The van der Waals surface area contributed by atoms with E-state index in [2.05, 4.69) is 142 Å². The van der Waals surface area contributed by atoms with E-state index in [4.69, 9.17) is 48.9 Å². The summed E-state index contributed by atoms with van der Waals surface area (Å²) in [6.45, 7) is 26.2. The van der Waals surface area contributed by atoms with Gasteiger partial charge in [0, 0.05) is 69.9 Å². The fourth-order valence-electron chi connectivity index (χ4n) is 13.2. The van der Waals surface area contributed by atoms with Gasteiger partial charge in [0.15, 0.2) is 23.3 Å². The molecule has 18 nitrogen and oxygen atoms in total. The molecule has 0 amide bonds. The number of nitrogens with one attached hydrogen (secondary N) is 2. The first-order chi connectivity index (χ1) is 49.6. The van der Waals surface area contributed by atoms with Crippen LogP contribution >= 0.6 is 0 Å². The molecule has 13 rings (SSSR count). The van der Waals surface area contributed by atoms with Gasteiger partial charge in [0.25, 0.3) is 0 Å². The van der Waals surface area contributed by atoms with E-state index in [1.54, 1.807) is 0 Å². The summed E-state index contributed by atoms with van der Waals surface area (Å²) in [7, 11) is 0. The van der Waals surface area contributed by atoms with Gasteiger partial charge in [0.1, 0.15) is 48.6 Å². The first-order valence-corrected chi connectivity index (χ1v) is 35.3. The molecule has 2 aliphatic rings. The molecule has 0 saturated heterocycles. The summed E-state index contributed by atoms with van der Waals surface area (Å²) < 4.78 is 21.5. The molecule has 0 atom stereocenters. The number of fused-ring (bicyclic) bond motifs is 20. The molecule has 8 aromatic carbocycles. The topological polar surface area (TPSA) is 255 Å². The van der Waals surface area contributed by atoms with Crippen molar-refractivity contribution in [2.24, 2.45) is 0 Å². The summed E-state index contributed by atoms with van der Waals surface area (Å²) in [5.74, 6) is -1.36. The maximum absolute atomic E-state index is 13.0. The fraction of sp³-hybridized carbons (Fsp3) is 0.302. The molecule has 4 N–H and O–H groups in total. The van der Waals surface area contributed by atoms with E-state index in [0.29, 0.717) is 57.0 Å². The highest BCUT2D eigenvalue weighted by Gasteiger charge is 2.31. The summed E-state index contributed by atoms with van der Waals surface area (Å²) in [4.78, 5) is 92.1. The van der Waals surface area contributed by atoms with Crippen molar-refractivity contribution in [1.82, 2.24) is 39.9 Å². The van der Waals surface area contributed by atoms with Crippen LogP contribution in [-0.2, 0) is 73.0 Å². The predicted molar refractivity (Wildman–Crippen MR) is 407 cm³/mol. The Kier molecular flexibility index (Phi) is 19.6. The van der Waals surface area contributed by atoms with Crippen molar-refractivity contribution >= 4 is 68.0 Å². The van der Waals surface area contributed by atoms with Crippen molar-refractivity contribution in [3.05, 3.63) is 191 Å². The lowest BCUT2D eigenvalue weighted by Gasteiger charge is -2.26. The molecule has 3 aromatic heterocycles. The van der Waals surface area contributed by atoms with Crippen LogP contribution in [0.1, 0.15) is 142 Å². The minimum absolute atomic E-state index is 0.00379. The van der Waals surface area contributed by atoms with Crippen molar-refractivity contribution in [2.75, 3.05) is 26.4 Å². The van der Waals surface area contributed by atoms with Gasteiger partial charge in [-0.1, -0.05) is 229 Å². The maximum atomic E-state index is 13.0. The van der Waals surface area contributed by atoms with Crippen LogP contribution in [0.2, 0.25) is 0 Å². The molecule has 0 aliphatic carbocycles. The van der Waals surface area contributed by atoms with Crippen LogP contribution in [0, 0.1) is 0 Å². The Labute approximate surface area is 604 Å². The highest BCUT2D eigenvalue weighted by Crippen LogP contribution is 2.48. The number of rotatable bonds is 18. The molecule has 11 aromatic rings. The van der Waals surface area contributed by atoms with Crippen LogP contribution in [0.5, 0.6) is 0 Å². The number of nitrogens with zero attached hydrogens (tertiary/aromatic N) is 6. The summed E-state index contributed by atoms with van der Waals surface area (Å²) in [6.07, 6.45) is -0.618. The van der Waals surface area contributed by atoms with E-state index in [0.717, 1.165) is 88.3 Å². The van der Waals surface area contributed by atoms with Gasteiger partial charge < -0.3 is 39.1 Å². The molecule has 530 valence electrons. The zero-order valence-electron chi connectivity index (χ0n) is 60.9. The number of H-pyrrole nitrogens is 2. The smallest absolute Gasteiger partial charge is 0.317 e. The quantitative estimate of drug-likeness (QED) is 0.0270. The first kappa shape index (κ1) is 71.3. The van der Waals surface area contributed by atoms with Gasteiger partial charge in [-0.05, 0) is 112 Å². The molecule has 0 radical (unpaired) electrons. The summed E-state index contributed by atoms with van der Waals surface area (Å²) >= 11 is 0. The van der Waals surface area contributed by atoms with Gasteiger partial charge in [0.05, 0.1) is 13.2 Å². The fourth-order valence-corrected chi connectivity index (χ4v) is 13.2. The number of carbonyl (C=O) groups is 4. The number of aromatic amines is 2. The Hall–Kier alpha value is -11.1. The van der Waals surface area contributed by atoms with Gasteiger partial charge in [-0.25, -0.2) is 29.9 Å². The van der Waals surface area contributed by atoms with Crippen LogP contribution in [0.15, 0.2) is 158 Å². The van der Waals surface area contributed by atoms with E-state index in [9.17, 15) is 29.4 Å². The average molecular weight is 1390 g/mol. The molecule has 0 spiro atoms. The van der Waals surface area contributed by atoms with E-state index in [1.165, 1.54) is 22.3 Å². The second-order valence-corrected chi connectivity index (χ2v) is 30.8. The van der Waals surface area contributed by atoms with Crippen LogP contribution in [0.4, 0.5) is 0 Å². The summed E-state index contributed by atoms with van der Waals surface area (Å²) in [6, 6.07) is 53.5. The third-order valence-electron chi connectivity index (χ3n) is 18.9. The highest BCUT2D eigenvalue weighted by atomic mass is 16.6. The van der Waals surface area contributed by atoms with Gasteiger partial charge in [-0.2, -0.15) is 0 Å². The number of aromatic nitrogens is 8. The molecule has 0 fully saturated rings.